The van der Waals surface area contributed by atoms with Gasteiger partial charge in [0.25, 0.3) is 0 Å². The van der Waals surface area contributed by atoms with E-state index >= 15 is 0 Å². The second-order valence-corrected chi connectivity index (χ2v) is 6.20. The molecular formula is C19H19ClFN3. The first-order valence-corrected chi connectivity index (χ1v) is 8.20. The second-order valence-electron chi connectivity index (χ2n) is 5.79. The molecule has 0 aliphatic carbocycles. The number of para-hydroxylation sites is 1. The van der Waals surface area contributed by atoms with Crippen LogP contribution in [0.3, 0.4) is 0 Å². The number of rotatable bonds is 5. The van der Waals surface area contributed by atoms with Crippen molar-refractivity contribution >= 4 is 33.9 Å². The van der Waals surface area contributed by atoms with Crippen molar-refractivity contribution in [1.29, 1.82) is 0 Å². The molecule has 0 saturated heterocycles. The molecule has 124 valence electrons. The Kier molecular flexibility index (Phi) is 4.86. The summed E-state index contributed by atoms with van der Waals surface area (Å²) in [6, 6.07) is 15.5. The first kappa shape index (κ1) is 16.5. The Hall–Kier alpha value is -2.33. The number of nitrogens with one attached hydrogen (secondary N) is 1. The molecule has 0 amide bonds. The molecule has 0 fully saturated rings. The SMILES string of the molecule is CC(CNc1ccc2c(Cl)ccnc2c1F)N(C)c1ccccc1. The van der Waals surface area contributed by atoms with Gasteiger partial charge in [-0.3, -0.25) is 4.98 Å². The number of anilines is 2. The third-order valence-corrected chi connectivity index (χ3v) is 4.54. The molecule has 3 nitrogen and oxygen atoms in total. The molecule has 0 aliphatic heterocycles. The summed E-state index contributed by atoms with van der Waals surface area (Å²) in [5, 5.41) is 4.30. The molecule has 2 aromatic carbocycles. The van der Waals surface area contributed by atoms with Gasteiger partial charge in [-0.25, -0.2) is 4.39 Å². The Morgan fingerprint density at radius 3 is 2.67 bits per heavy atom. The van der Waals surface area contributed by atoms with Crippen LogP contribution in [-0.2, 0) is 0 Å². The number of halogens is 2. The number of aromatic nitrogens is 1. The third-order valence-electron chi connectivity index (χ3n) is 4.21. The van der Waals surface area contributed by atoms with Crippen LogP contribution in [0.25, 0.3) is 10.9 Å². The number of hydrogen-bond donors (Lipinski definition) is 1. The van der Waals surface area contributed by atoms with E-state index in [1.807, 2.05) is 25.2 Å². The smallest absolute Gasteiger partial charge is 0.172 e. The highest BCUT2D eigenvalue weighted by atomic mass is 35.5. The summed E-state index contributed by atoms with van der Waals surface area (Å²) in [6.07, 6.45) is 1.52. The van der Waals surface area contributed by atoms with E-state index in [0.717, 1.165) is 5.69 Å². The van der Waals surface area contributed by atoms with Gasteiger partial charge in [0, 0.05) is 36.9 Å². The molecule has 1 heterocycles. The molecule has 0 radical (unpaired) electrons. The van der Waals surface area contributed by atoms with Crippen molar-refractivity contribution in [3.05, 3.63) is 65.6 Å². The molecule has 1 aromatic heterocycles. The predicted molar refractivity (Wildman–Crippen MR) is 99.5 cm³/mol. The topological polar surface area (TPSA) is 28.2 Å². The van der Waals surface area contributed by atoms with Crippen molar-refractivity contribution in [3.8, 4) is 0 Å². The van der Waals surface area contributed by atoms with Crippen molar-refractivity contribution in [3.63, 3.8) is 0 Å². The average Bonchev–Trinajstić information content (AvgIpc) is 2.61. The van der Waals surface area contributed by atoms with E-state index in [1.165, 1.54) is 6.20 Å². The van der Waals surface area contributed by atoms with Crippen molar-refractivity contribution < 1.29 is 4.39 Å². The standard InChI is InChI=1S/C19H19ClFN3/c1-13(24(2)14-6-4-3-5-7-14)12-23-17-9-8-15-16(20)10-11-22-19(15)18(17)21/h3-11,13,23H,12H2,1-2H3. The molecule has 1 unspecified atom stereocenters. The van der Waals surface area contributed by atoms with E-state index in [-0.39, 0.29) is 17.4 Å². The van der Waals surface area contributed by atoms with E-state index in [4.69, 9.17) is 11.6 Å². The van der Waals surface area contributed by atoms with Gasteiger partial charge in [-0.15, -0.1) is 0 Å². The summed E-state index contributed by atoms with van der Waals surface area (Å²) in [6.45, 7) is 2.70. The lowest BCUT2D eigenvalue weighted by molar-refractivity contribution is 0.635. The number of likely N-dealkylation sites (N-methyl/N-ethyl adjacent to an activating group) is 1. The first-order valence-electron chi connectivity index (χ1n) is 7.82. The fraction of sp³-hybridized carbons (Fsp3) is 0.211. The Labute approximate surface area is 146 Å². The quantitative estimate of drug-likeness (QED) is 0.709. The molecule has 0 aliphatic rings. The minimum Gasteiger partial charge on any atom is -0.381 e. The summed E-state index contributed by atoms with van der Waals surface area (Å²) in [7, 11) is 2.03. The molecule has 3 rings (SSSR count). The van der Waals surface area contributed by atoms with Gasteiger partial charge in [-0.1, -0.05) is 29.8 Å². The largest absolute Gasteiger partial charge is 0.381 e. The normalized spacial score (nSPS) is 12.2. The van der Waals surface area contributed by atoms with Crippen LogP contribution >= 0.6 is 11.6 Å². The fourth-order valence-electron chi connectivity index (χ4n) is 2.60. The maximum absolute atomic E-state index is 14.6. The second kappa shape index (κ2) is 7.05. The molecule has 1 atom stereocenters. The lowest BCUT2D eigenvalue weighted by atomic mass is 10.1. The zero-order valence-electron chi connectivity index (χ0n) is 13.6. The zero-order chi connectivity index (χ0) is 17.1. The van der Waals surface area contributed by atoms with E-state index in [2.05, 4.69) is 34.3 Å². The summed E-state index contributed by atoms with van der Waals surface area (Å²) in [5.74, 6) is -0.371. The van der Waals surface area contributed by atoms with E-state index in [0.29, 0.717) is 22.6 Å². The first-order chi connectivity index (χ1) is 11.6. The Bertz CT molecular complexity index is 839. The Morgan fingerprint density at radius 1 is 1.17 bits per heavy atom. The van der Waals surface area contributed by atoms with Crippen molar-refractivity contribution in [2.24, 2.45) is 0 Å². The maximum Gasteiger partial charge on any atom is 0.172 e. The lowest BCUT2D eigenvalue weighted by Crippen LogP contribution is -2.34. The molecular weight excluding hydrogens is 325 g/mol. The number of benzene rings is 2. The van der Waals surface area contributed by atoms with Crippen LogP contribution in [0.15, 0.2) is 54.7 Å². The Morgan fingerprint density at radius 2 is 1.92 bits per heavy atom. The number of pyridine rings is 1. The molecule has 0 spiro atoms. The van der Waals surface area contributed by atoms with Gasteiger partial charge in [-0.05, 0) is 37.3 Å². The molecule has 5 heteroatoms. The van der Waals surface area contributed by atoms with Crippen LogP contribution in [0.4, 0.5) is 15.8 Å². The van der Waals surface area contributed by atoms with Crippen LogP contribution in [0.1, 0.15) is 6.92 Å². The highest BCUT2D eigenvalue weighted by molar-refractivity contribution is 6.35. The number of nitrogens with zero attached hydrogens (tertiary/aromatic N) is 2. The van der Waals surface area contributed by atoms with Crippen molar-refractivity contribution in [2.75, 3.05) is 23.8 Å². The van der Waals surface area contributed by atoms with Crippen LogP contribution in [0.2, 0.25) is 5.02 Å². The highest BCUT2D eigenvalue weighted by Gasteiger charge is 2.13. The Balaban J connectivity index is 1.75. The van der Waals surface area contributed by atoms with Crippen molar-refractivity contribution in [1.82, 2.24) is 4.98 Å². The summed E-state index contributed by atoms with van der Waals surface area (Å²) in [4.78, 5) is 6.26. The average molecular weight is 344 g/mol. The van der Waals surface area contributed by atoms with Gasteiger partial charge in [0.2, 0.25) is 0 Å². The molecule has 24 heavy (non-hydrogen) atoms. The van der Waals surface area contributed by atoms with Gasteiger partial charge in [-0.2, -0.15) is 0 Å². The van der Waals surface area contributed by atoms with E-state index < -0.39 is 0 Å². The van der Waals surface area contributed by atoms with Gasteiger partial charge >= 0.3 is 0 Å². The zero-order valence-corrected chi connectivity index (χ0v) is 14.4. The summed E-state index contributed by atoms with van der Waals surface area (Å²) >= 11 is 6.08. The molecule has 0 bridgehead atoms. The summed E-state index contributed by atoms with van der Waals surface area (Å²) < 4.78 is 14.6. The van der Waals surface area contributed by atoms with Crippen LogP contribution < -0.4 is 10.2 Å². The van der Waals surface area contributed by atoms with E-state index in [1.54, 1.807) is 18.2 Å². The molecule has 0 saturated carbocycles. The van der Waals surface area contributed by atoms with Crippen LogP contribution in [0, 0.1) is 5.82 Å². The van der Waals surface area contributed by atoms with E-state index in [9.17, 15) is 4.39 Å². The van der Waals surface area contributed by atoms with Crippen molar-refractivity contribution in [2.45, 2.75) is 13.0 Å². The molecule has 1 N–H and O–H groups in total. The summed E-state index contributed by atoms with van der Waals surface area (Å²) in [5.41, 5.74) is 1.85. The highest BCUT2D eigenvalue weighted by Crippen LogP contribution is 2.28. The van der Waals surface area contributed by atoms with Gasteiger partial charge < -0.3 is 10.2 Å². The number of hydrogen-bond acceptors (Lipinski definition) is 3. The fourth-order valence-corrected chi connectivity index (χ4v) is 2.81. The van der Waals surface area contributed by atoms with Gasteiger partial charge in [0.1, 0.15) is 5.52 Å². The van der Waals surface area contributed by atoms with Gasteiger partial charge in [0.05, 0.1) is 10.7 Å². The third kappa shape index (κ3) is 3.29. The number of fused-ring (bicyclic) bond motifs is 1. The van der Waals surface area contributed by atoms with Crippen LogP contribution in [0.5, 0.6) is 0 Å². The van der Waals surface area contributed by atoms with Gasteiger partial charge in [0.15, 0.2) is 5.82 Å². The maximum atomic E-state index is 14.6. The monoisotopic (exact) mass is 343 g/mol. The minimum absolute atomic E-state index is 0.190. The molecule has 3 aromatic rings. The minimum atomic E-state index is -0.371. The van der Waals surface area contributed by atoms with Crippen LogP contribution in [-0.4, -0.2) is 24.6 Å². The lowest BCUT2D eigenvalue weighted by Gasteiger charge is -2.27. The predicted octanol–water partition coefficient (Wildman–Crippen LogP) is 4.96.